The molecule has 1 aliphatic carbocycles. The maximum Gasteiger partial charge on any atom is 0.410 e. The number of hydrogen-bond acceptors (Lipinski definition) is 5. The average Bonchev–Trinajstić information content (AvgIpc) is 3.67. The summed E-state index contributed by atoms with van der Waals surface area (Å²) in [6.45, 7) is 16.2. The summed E-state index contributed by atoms with van der Waals surface area (Å²) >= 11 is 5.71. The maximum atomic E-state index is 12.4. The molecule has 1 unspecified atom stereocenters. The molecule has 6 nitrogen and oxygen atoms in total. The minimum Gasteiger partial charge on any atom is -0.444 e. The van der Waals surface area contributed by atoms with Gasteiger partial charge in [0.15, 0.2) is 0 Å². The van der Waals surface area contributed by atoms with Gasteiger partial charge in [0.1, 0.15) is 17.7 Å². The van der Waals surface area contributed by atoms with Gasteiger partial charge in [-0.05, 0) is 90.0 Å². The van der Waals surface area contributed by atoms with Crippen molar-refractivity contribution < 1.29 is 9.53 Å². The van der Waals surface area contributed by atoms with Crippen LogP contribution in [0.2, 0.25) is 5.02 Å². The molecule has 37 heavy (non-hydrogen) atoms. The molecule has 2 aliphatic rings. The number of allylic oxidation sites excluding steroid dienone is 2. The highest BCUT2D eigenvalue weighted by atomic mass is 35.5. The minimum atomic E-state index is -0.473. The van der Waals surface area contributed by atoms with Crippen molar-refractivity contribution in [3.8, 4) is 0 Å². The molecule has 1 saturated heterocycles. The Kier molecular flexibility index (Phi) is 10.00. The first-order valence-corrected chi connectivity index (χ1v) is 13.9. The van der Waals surface area contributed by atoms with Crippen molar-refractivity contribution in [1.29, 1.82) is 0 Å². The second-order valence-corrected chi connectivity index (χ2v) is 11.5. The van der Waals surface area contributed by atoms with Gasteiger partial charge < -0.3 is 14.5 Å². The van der Waals surface area contributed by atoms with Crippen molar-refractivity contribution in [1.82, 2.24) is 14.9 Å². The van der Waals surface area contributed by atoms with E-state index in [2.05, 4.69) is 60.8 Å². The Hall–Kier alpha value is -2.60. The molecule has 202 valence electrons. The lowest BCUT2D eigenvalue weighted by Gasteiger charge is -2.41. The Labute approximate surface area is 228 Å². The largest absolute Gasteiger partial charge is 0.444 e. The number of carbonyl (C=O) groups is 1. The van der Waals surface area contributed by atoms with Crippen LogP contribution >= 0.6 is 11.6 Å². The minimum absolute atomic E-state index is 0.164. The van der Waals surface area contributed by atoms with Gasteiger partial charge in [0.25, 0.3) is 0 Å². The fourth-order valence-corrected chi connectivity index (χ4v) is 4.83. The van der Waals surface area contributed by atoms with Crippen LogP contribution in [-0.2, 0) is 11.2 Å². The molecule has 0 radical (unpaired) electrons. The molecule has 2 heterocycles. The average molecular weight is 527 g/mol. The lowest BCUT2D eigenvalue weighted by Crippen LogP contribution is -2.55. The first-order valence-electron chi connectivity index (χ1n) is 13.5. The van der Waals surface area contributed by atoms with Gasteiger partial charge >= 0.3 is 6.09 Å². The monoisotopic (exact) mass is 526 g/mol. The summed E-state index contributed by atoms with van der Waals surface area (Å²) in [7, 11) is 0. The Balaban J connectivity index is 0.000000319. The number of hydrogen-bond donors (Lipinski definition) is 0. The molecule has 1 aromatic carbocycles. The van der Waals surface area contributed by atoms with Crippen LogP contribution in [0, 0.1) is 12.8 Å². The molecule has 1 aliphatic heterocycles. The SMILES string of the molecule is C/C=C(\c1c(C)ncnc1N1CCN(C(=O)OC(C)(C)C)CC1C)C1CC1.CCCc1ccc(Cl)cc1. The van der Waals surface area contributed by atoms with Crippen LogP contribution in [0.1, 0.15) is 77.6 Å². The normalized spacial score (nSPS) is 18.3. The number of anilines is 1. The summed E-state index contributed by atoms with van der Waals surface area (Å²) in [6, 6.07) is 8.19. The zero-order valence-electron chi connectivity index (χ0n) is 23.6. The number of ether oxygens (including phenoxy) is 1. The second-order valence-electron chi connectivity index (χ2n) is 11.0. The van der Waals surface area contributed by atoms with Crippen molar-refractivity contribution in [2.24, 2.45) is 5.92 Å². The van der Waals surface area contributed by atoms with Gasteiger partial charge in [-0.3, -0.25) is 0 Å². The van der Waals surface area contributed by atoms with E-state index in [0.717, 1.165) is 29.5 Å². The topological polar surface area (TPSA) is 58.6 Å². The van der Waals surface area contributed by atoms with Gasteiger partial charge in [-0.25, -0.2) is 14.8 Å². The third kappa shape index (κ3) is 8.19. The highest BCUT2D eigenvalue weighted by Gasteiger charge is 2.34. The van der Waals surface area contributed by atoms with Crippen LogP contribution in [0.4, 0.5) is 10.6 Å². The lowest BCUT2D eigenvalue weighted by atomic mass is 9.99. The molecule has 2 aromatic rings. The fourth-order valence-electron chi connectivity index (χ4n) is 4.70. The van der Waals surface area contributed by atoms with E-state index in [1.54, 1.807) is 11.2 Å². The molecule has 1 amide bonds. The van der Waals surface area contributed by atoms with E-state index in [4.69, 9.17) is 16.3 Å². The summed E-state index contributed by atoms with van der Waals surface area (Å²) in [5.74, 6) is 1.63. The Morgan fingerprint density at radius 3 is 2.38 bits per heavy atom. The summed E-state index contributed by atoms with van der Waals surface area (Å²) < 4.78 is 5.54. The van der Waals surface area contributed by atoms with E-state index >= 15 is 0 Å². The van der Waals surface area contributed by atoms with E-state index in [9.17, 15) is 4.79 Å². The highest BCUT2D eigenvalue weighted by Crippen LogP contribution is 2.45. The van der Waals surface area contributed by atoms with Crippen molar-refractivity contribution in [2.75, 3.05) is 24.5 Å². The van der Waals surface area contributed by atoms with Crippen molar-refractivity contribution >= 4 is 29.1 Å². The van der Waals surface area contributed by atoms with Gasteiger partial charge in [-0.15, -0.1) is 0 Å². The van der Waals surface area contributed by atoms with E-state index in [1.165, 1.54) is 36.0 Å². The van der Waals surface area contributed by atoms with Gasteiger partial charge in [-0.2, -0.15) is 0 Å². The number of rotatable bonds is 5. The third-order valence-corrected chi connectivity index (χ3v) is 6.89. The number of carbonyl (C=O) groups excluding carboxylic acids is 1. The molecule has 1 atom stereocenters. The standard InChI is InChI=1S/C21H32N4O2.C9H11Cl/c1-7-17(16-8-9-16)18-15(3)22-13-23-19(18)25-11-10-24(12-14(25)2)20(26)27-21(4,5)6;1-2-3-8-4-6-9(10)7-5-8/h7,13-14,16H,8-12H2,1-6H3;4-7H,2-3H2,1H3/b17-7-;. The molecule has 0 bridgehead atoms. The van der Waals surface area contributed by atoms with Crippen LogP contribution in [0.5, 0.6) is 0 Å². The van der Waals surface area contributed by atoms with E-state index in [0.29, 0.717) is 19.0 Å². The summed E-state index contributed by atoms with van der Waals surface area (Å²) in [6.07, 6.45) is 8.47. The number of halogens is 1. The van der Waals surface area contributed by atoms with Gasteiger partial charge in [0.05, 0.1) is 5.69 Å². The number of nitrogens with zero attached hydrogens (tertiary/aromatic N) is 4. The molecule has 0 spiro atoms. The fraction of sp³-hybridized carbons (Fsp3) is 0.567. The van der Waals surface area contributed by atoms with Crippen LogP contribution in [-0.4, -0.2) is 52.2 Å². The van der Waals surface area contributed by atoms with E-state index in [1.807, 2.05) is 32.9 Å². The van der Waals surface area contributed by atoms with Crippen molar-refractivity contribution in [2.45, 2.75) is 85.8 Å². The van der Waals surface area contributed by atoms with Gasteiger partial charge in [-0.1, -0.05) is 43.2 Å². The Morgan fingerprint density at radius 2 is 1.84 bits per heavy atom. The van der Waals surface area contributed by atoms with Crippen molar-refractivity contribution in [3.05, 3.63) is 58.5 Å². The van der Waals surface area contributed by atoms with Gasteiger partial charge in [0.2, 0.25) is 0 Å². The molecule has 2 fully saturated rings. The molecular weight excluding hydrogens is 484 g/mol. The summed E-state index contributed by atoms with van der Waals surface area (Å²) in [5, 5.41) is 0.819. The molecular formula is C30H43ClN4O2. The maximum absolute atomic E-state index is 12.4. The van der Waals surface area contributed by atoms with E-state index in [-0.39, 0.29) is 12.1 Å². The molecule has 0 N–H and O–H groups in total. The van der Waals surface area contributed by atoms with Crippen LogP contribution in [0.15, 0.2) is 36.7 Å². The van der Waals surface area contributed by atoms with Gasteiger partial charge in [0, 0.05) is 36.3 Å². The molecule has 4 rings (SSSR count). The Morgan fingerprint density at radius 1 is 1.16 bits per heavy atom. The second kappa shape index (κ2) is 12.8. The predicted molar refractivity (Wildman–Crippen MR) is 153 cm³/mol. The summed E-state index contributed by atoms with van der Waals surface area (Å²) in [4.78, 5) is 25.7. The third-order valence-electron chi connectivity index (χ3n) is 6.64. The van der Waals surface area contributed by atoms with Crippen LogP contribution < -0.4 is 4.90 Å². The first-order chi connectivity index (χ1) is 17.5. The van der Waals surface area contributed by atoms with Crippen LogP contribution in [0.25, 0.3) is 5.57 Å². The lowest BCUT2D eigenvalue weighted by molar-refractivity contribution is 0.0218. The van der Waals surface area contributed by atoms with Crippen LogP contribution in [0.3, 0.4) is 0 Å². The smallest absolute Gasteiger partial charge is 0.410 e. The quantitative estimate of drug-likeness (QED) is 0.408. The molecule has 7 heteroatoms. The first kappa shape index (κ1) is 29.0. The Bertz CT molecular complexity index is 1070. The van der Waals surface area contributed by atoms with Crippen molar-refractivity contribution in [3.63, 3.8) is 0 Å². The number of aryl methyl sites for hydroxylation is 2. The molecule has 1 saturated carbocycles. The number of benzene rings is 1. The summed E-state index contributed by atoms with van der Waals surface area (Å²) in [5.41, 5.74) is 4.47. The zero-order chi connectivity index (χ0) is 27.2. The molecule has 1 aromatic heterocycles. The number of piperazine rings is 1. The zero-order valence-corrected chi connectivity index (χ0v) is 24.3. The number of amides is 1. The predicted octanol–water partition coefficient (Wildman–Crippen LogP) is 7.34. The highest BCUT2D eigenvalue weighted by molar-refractivity contribution is 6.30. The van der Waals surface area contributed by atoms with E-state index < -0.39 is 5.60 Å². The number of aromatic nitrogens is 2.